The molecule has 13 heavy (non-hydrogen) atoms. The molecule has 71 valence electrons. The van der Waals surface area contributed by atoms with Gasteiger partial charge in [0.25, 0.3) is 0 Å². The molecule has 0 spiro atoms. The molecule has 0 bridgehead atoms. The Morgan fingerprint density at radius 3 is 2.46 bits per heavy atom. The Hall–Kier alpha value is -0.673. The van der Waals surface area contributed by atoms with Gasteiger partial charge in [-0.05, 0) is 18.6 Å². The number of aliphatic hydroxyl groups is 1. The molecule has 0 aliphatic carbocycles. The molecular weight excluding hydrogens is 178 g/mol. The highest BCUT2D eigenvalue weighted by Gasteiger charge is 2.38. The van der Waals surface area contributed by atoms with E-state index < -0.39 is 13.3 Å². The van der Waals surface area contributed by atoms with Gasteiger partial charge in [0.15, 0.2) is 0 Å². The lowest BCUT2D eigenvalue weighted by molar-refractivity contribution is 0.164. The Bertz CT molecular complexity index is 277. The Kier molecular flexibility index (Phi) is 2.59. The lowest BCUT2D eigenvalue weighted by Crippen LogP contribution is -2.47. The van der Waals surface area contributed by atoms with Crippen LogP contribution in [0.25, 0.3) is 0 Å². The zero-order valence-electron chi connectivity index (χ0n) is 8.41. The van der Waals surface area contributed by atoms with E-state index in [0.717, 1.165) is 5.56 Å². The fourth-order valence-electron chi connectivity index (χ4n) is 1.04. The number of hydrogen-bond acceptors (Lipinski definition) is 2. The molecule has 1 unspecified atom stereocenters. The van der Waals surface area contributed by atoms with Crippen LogP contribution in [0.5, 0.6) is 0 Å². The molecule has 0 amide bonds. The molecule has 2 nitrogen and oxygen atoms in total. The largest absolute Gasteiger partial charge is 0.389 e. The minimum Gasteiger partial charge on any atom is -0.389 e. The molecule has 0 saturated carbocycles. The van der Waals surface area contributed by atoms with Crippen molar-refractivity contribution in [3.63, 3.8) is 0 Å². The maximum atomic E-state index is 10.2. The Morgan fingerprint density at radius 1 is 1.46 bits per heavy atom. The summed E-state index contributed by atoms with van der Waals surface area (Å²) in [6, 6.07) is 3.70. The standard InChI is InChI=1S/C10H16NOSi/c1-10(12,13(2,3)4)9-6-5-7-11-8-9/h5-8,12H,1H2,2-4H3. The first-order valence-electron chi connectivity index (χ1n) is 4.34. The number of hydrogen-bond donors (Lipinski definition) is 1. The molecule has 1 aromatic heterocycles. The van der Waals surface area contributed by atoms with Crippen LogP contribution in [0.2, 0.25) is 19.6 Å². The predicted molar refractivity (Wildman–Crippen MR) is 56.8 cm³/mol. The molecule has 1 aromatic rings. The normalized spacial score (nSPS) is 16.7. The van der Waals surface area contributed by atoms with Gasteiger partial charge in [0.05, 0.1) is 13.3 Å². The van der Waals surface area contributed by atoms with Crippen molar-refractivity contribution in [3.05, 3.63) is 37.0 Å². The van der Waals surface area contributed by atoms with E-state index in [1.807, 2.05) is 12.1 Å². The second-order valence-electron chi connectivity index (χ2n) is 4.35. The predicted octanol–water partition coefficient (Wildman–Crippen LogP) is 1.98. The van der Waals surface area contributed by atoms with Gasteiger partial charge in [-0.15, -0.1) is 0 Å². The quantitative estimate of drug-likeness (QED) is 0.730. The summed E-state index contributed by atoms with van der Waals surface area (Å²) in [5.41, 5.74) is 0.814. The second-order valence-corrected chi connectivity index (χ2v) is 9.68. The topological polar surface area (TPSA) is 33.1 Å². The SMILES string of the molecule is [CH2]C(O)(c1cccnc1)[Si](C)(C)C. The molecule has 0 fully saturated rings. The zero-order chi connectivity index (χ0) is 10.1. The van der Waals surface area contributed by atoms with E-state index in [4.69, 9.17) is 0 Å². The van der Waals surface area contributed by atoms with Crippen molar-refractivity contribution in [2.45, 2.75) is 24.9 Å². The van der Waals surface area contributed by atoms with Crippen LogP contribution < -0.4 is 0 Å². The van der Waals surface area contributed by atoms with Gasteiger partial charge in [-0.2, -0.15) is 0 Å². The van der Waals surface area contributed by atoms with E-state index in [9.17, 15) is 5.11 Å². The summed E-state index contributed by atoms with van der Waals surface area (Å²) in [4.78, 5) is 3.99. The highest BCUT2D eigenvalue weighted by molar-refractivity contribution is 6.78. The second kappa shape index (κ2) is 3.23. The van der Waals surface area contributed by atoms with Gasteiger partial charge in [0.1, 0.15) is 0 Å². The van der Waals surface area contributed by atoms with Gasteiger partial charge in [-0.3, -0.25) is 4.98 Å². The summed E-state index contributed by atoms with van der Waals surface area (Å²) in [7, 11) is -1.72. The molecule has 0 aliphatic rings. The molecule has 1 rings (SSSR count). The smallest absolute Gasteiger partial charge is 0.0878 e. The van der Waals surface area contributed by atoms with Crippen LogP contribution in [-0.4, -0.2) is 18.2 Å². The lowest BCUT2D eigenvalue weighted by Gasteiger charge is -2.35. The fourth-order valence-corrected chi connectivity index (χ4v) is 2.05. The van der Waals surface area contributed by atoms with Gasteiger partial charge >= 0.3 is 0 Å². The first-order chi connectivity index (χ1) is 5.86. The summed E-state index contributed by atoms with van der Waals surface area (Å²) in [5.74, 6) is 0. The number of pyridine rings is 1. The third kappa shape index (κ3) is 1.98. The first-order valence-corrected chi connectivity index (χ1v) is 7.84. The van der Waals surface area contributed by atoms with Crippen LogP contribution >= 0.6 is 0 Å². The maximum Gasteiger partial charge on any atom is 0.0878 e. The monoisotopic (exact) mass is 194 g/mol. The van der Waals surface area contributed by atoms with E-state index in [1.54, 1.807) is 12.4 Å². The van der Waals surface area contributed by atoms with E-state index in [-0.39, 0.29) is 0 Å². The van der Waals surface area contributed by atoms with Crippen molar-refractivity contribution in [3.8, 4) is 0 Å². The van der Waals surface area contributed by atoms with Crippen LogP contribution in [0.15, 0.2) is 24.5 Å². The molecule has 3 heteroatoms. The Labute approximate surface area is 80.7 Å². The number of aromatic nitrogens is 1. The number of rotatable bonds is 2. The number of nitrogens with zero attached hydrogens (tertiary/aromatic N) is 1. The van der Waals surface area contributed by atoms with Crippen LogP contribution in [0.3, 0.4) is 0 Å². The molecule has 0 aliphatic heterocycles. The molecule has 0 saturated heterocycles. The van der Waals surface area contributed by atoms with E-state index in [0.29, 0.717) is 0 Å². The van der Waals surface area contributed by atoms with Crippen molar-refractivity contribution >= 4 is 8.07 Å². The van der Waals surface area contributed by atoms with Crippen LogP contribution in [0.4, 0.5) is 0 Å². The third-order valence-corrected chi connectivity index (χ3v) is 5.15. The van der Waals surface area contributed by atoms with Gasteiger partial charge in [0, 0.05) is 12.4 Å². The van der Waals surface area contributed by atoms with Crippen molar-refractivity contribution < 1.29 is 5.11 Å². The first kappa shape index (κ1) is 10.4. The zero-order valence-corrected chi connectivity index (χ0v) is 9.41. The highest BCUT2D eigenvalue weighted by atomic mass is 28.3. The van der Waals surface area contributed by atoms with Gasteiger partial charge < -0.3 is 5.11 Å². The molecule has 0 aromatic carbocycles. The molecule has 1 atom stereocenters. The van der Waals surface area contributed by atoms with Gasteiger partial charge in [0.2, 0.25) is 0 Å². The fraction of sp³-hybridized carbons (Fsp3) is 0.400. The third-order valence-electron chi connectivity index (χ3n) is 2.38. The molecular formula is C10H16NOSi. The van der Waals surface area contributed by atoms with Crippen LogP contribution in [0, 0.1) is 6.92 Å². The van der Waals surface area contributed by atoms with Crippen LogP contribution in [-0.2, 0) is 5.22 Å². The molecule has 1 N–H and O–H groups in total. The highest BCUT2D eigenvalue weighted by Crippen LogP contribution is 2.29. The minimum atomic E-state index is -1.72. The van der Waals surface area contributed by atoms with Crippen molar-refractivity contribution in [1.29, 1.82) is 0 Å². The maximum absolute atomic E-state index is 10.2. The summed E-state index contributed by atoms with van der Waals surface area (Å²) in [6.45, 7) is 10.2. The Balaban J connectivity index is 3.08. The average Bonchev–Trinajstić information content (AvgIpc) is 2.04. The van der Waals surface area contributed by atoms with Crippen LogP contribution in [0.1, 0.15) is 5.56 Å². The van der Waals surface area contributed by atoms with Crippen molar-refractivity contribution in [2.24, 2.45) is 0 Å². The van der Waals surface area contributed by atoms with Gasteiger partial charge in [-0.1, -0.05) is 25.7 Å². The van der Waals surface area contributed by atoms with Crippen molar-refractivity contribution in [2.75, 3.05) is 0 Å². The van der Waals surface area contributed by atoms with E-state index in [1.165, 1.54) is 0 Å². The Morgan fingerprint density at radius 2 is 2.08 bits per heavy atom. The molecule has 1 radical (unpaired) electrons. The van der Waals surface area contributed by atoms with E-state index in [2.05, 4.69) is 31.5 Å². The summed E-state index contributed by atoms with van der Waals surface area (Å²) in [6.07, 6.45) is 3.38. The van der Waals surface area contributed by atoms with E-state index >= 15 is 0 Å². The summed E-state index contributed by atoms with van der Waals surface area (Å²) in [5, 5.41) is 9.29. The molecule has 1 heterocycles. The van der Waals surface area contributed by atoms with Gasteiger partial charge in [-0.25, -0.2) is 0 Å². The van der Waals surface area contributed by atoms with Crippen molar-refractivity contribution in [1.82, 2.24) is 4.98 Å². The lowest BCUT2D eigenvalue weighted by atomic mass is 10.2. The summed E-state index contributed by atoms with van der Waals surface area (Å²) >= 11 is 0. The average molecular weight is 194 g/mol. The minimum absolute atomic E-state index is 0.814. The summed E-state index contributed by atoms with van der Waals surface area (Å²) < 4.78 is 0.